The normalized spacial score (nSPS) is 13.4. The SMILES string of the molecule is CCc1ccccc1NC(=O)c1c(NC(=O)c2cccs2)sc2c1CCCCC2. The minimum absolute atomic E-state index is 0.133. The molecule has 150 valence electrons. The second-order valence-electron chi connectivity index (χ2n) is 7.16. The number of nitrogens with one attached hydrogen (secondary N) is 2. The molecule has 0 radical (unpaired) electrons. The Hall–Kier alpha value is -2.44. The molecule has 2 heterocycles. The molecule has 0 saturated carbocycles. The maximum atomic E-state index is 13.4. The van der Waals surface area contributed by atoms with Crippen LogP contribution >= 0.6 is 22.7 Å². The van der Waals surface area contributed by atoms with Crippen molar-refractivity contribution in [2.45, 2.75) is 45.4 Å². The molecular formula is C23H24N2O2S2. The van der Waals surface area contributed by atoms with Crippen LogP contribution in [-0.2, 0) is 19.3 Å². The average Bonchev–Trinajstić information content (AvgIpc) is 3.32. The zero-order valence-electron chi connectivity index (χ0n) is 16.4. The van der Waals surface area contributed by atoms with Crippen molar-refractivity contribution in [2.24, 2.45) is 0 Å². The summed E-state index contributed by atoms with van der Waals surface area (Å²) in [7, 11) is 0. The molecule has 2 amide bonds. The highest BCUT2D eigenvalue weighted by molar-refractivity contribution is 7.17. The lowest BCUT2D eigenvalue weighted by Crippen LogP contribution is -2.18. The fourth-order valence-corrected chi connectivity index (χ4v) is 5.68. The third-order valence-electron chi connectivity index (χ3n) is 5.27. The van der Waals surface area contributed by atoms with Crippen molar-refractivity contribution in [1.82, 2.24) is 0 Å². The van der Waals surface area contributed by atoms with Gasteiger partial charge in [0.1, 0.15) is 5.00 Å². The molecule has 0 fully saturated rings. The van der Waals surface area contributed by atoms with E-state index in [0.29, 0.717) is 15.4 Å². The molecule has 0 atom stereocenters. The van der Waals surface area contributed by atoms with Crippen LogP contribution in [0.2, 0.25) is 0 Å². The van der Waals surface area contributed by atoms with Crippen molar-refractivity contribution in [1.29, 1.82) is 0 Å². The fraction of sp³-hybridized carbons (Fsp3) is 0.304. The quantitative estimate of drug-likeness (QED) is 0.483. The molecule has 6 heteroatoms. The number of rotatable bonds is 5. The highest BCUT2D eigenvalue weighted by Gasteiger charge is 2.26. The van der Waals surface area contributed by atoms with E-state index < -0.39 is 0 Å². The van der Waals surface area contributed by atoms with Gasteiger partial charge in [-0.3, -0.25) is 9.59 Å². The lowest BCUT2D eigenvalue weighted by atomic mass is 10.0. The number of carbonyl (C=O) groups excluding carboxylic acids is 2. The Labute approximate surface area is 179 Å². The van der Waals surface area contributed by atoms with Crippen molar-refractivity contribution >= 4 is 45.2 Å². The van der Waals surface area contributed by atoms with Crippen molar-refractivity contribution in [2.75, 3.05) is 10.6 Å². The Kier molecular flexibility index (Phi) is 6.11. The molecule has 0 spiro atoms. The molecule has 2 N–H and O–H groups in total. The van der Waals surface area contributed by atoms with E-state index in [1.165, 1.54) is 22.6 Å². The van der Waals surface area contributed by atoms with E-state index in [1.807, 2.05) is 35.7 Å². The van der Waals surface area contributed by atoms with Gasteiger partial charge in [-0.25, -0.2) is 0 Å². The van der Waals surface area contributed by atoms with Crippen LogP contribution in [0.5, 0.6) is 0 Å². The predicted molar refractivity (Wildman–Crippen MR) is 122 cm³/mol. The second-order valence-corrected chi connectivity index (χ2v) is 9.22. The molecule has 1 aliphatic carbocycles. The van der Waals surface area contributed by atoms with Crippen LogP contribution in [0.25, 0.3) is 0 Å². The maximum Gasteiger partial charge on any atom is 0.266 e. The fourth-order valence-electron chi connectivity index (χ4n) is 3.78. The summed E-state index contributed by atoms with van der Waals surface area (Å²) in [4.78, 5) is 27.9. The van der Waals surface area contributed by atoms with Gasteiger partial charge in [0.25, 0.3) is 11.8 Å². The zero-order chi connectivity index (χ0) is 20.2. The minimum atomic E-state index is -0.153. The van der Waals surface area contributed by atoms with E-state index >= 15 is 0 Å². The number of para-hydroxylation sites is 1. The molecule has 29 heavy (non-hydrogen) atoms. The van der Waals surface area contributed by atoms with Gasteiger partial charge in [-0.2, -0.15) is 0 Å². The minimum Gasteiger partial charge on any atom is -0.322 e. The molecule has 0 bridgehead atoms. The van der Waals surface area contributed by atoms with E-state index in [2.05, 4.69) is 17.6 Å². The van der Waals surface area contributed by atoms with E-state index in [9.17, 15) is 9.59 Å². The predicted octanol–water partition coefficient (Wildman–Crippen LogP) is 6.15. The Bertz CT molecular complexity index is 1020. The molecule has 0 saturated heterocycles. The van der Waals surface area contributed by atoms with Crippen LogP contribution < -0.4 is 10.6 Å². The zero-order valence-corrected chi connectivity index (χ0v) is 18.1. The molecule has 2 aromatic heterocycles. The molecule has 1 aromatic carbocycles. The van der Waals surface area contributed by atoms with Crippen molar-refractivity contribution in [3.05, 3.63) is 68.2 Å². The van der Waals surface area contributed by atoms with Crippen molar-refractivity contribution in [3.8, 4) is 0 Å². The van der Waals surface area contributed by atoms with Crippen LogP contribution in [0.3, 0.4) is 0 Å². The van der Waals surface area contributed by atoms with Gasteiger partial charge < -0.3 is 10.6 Å². The molecule has 4 nitrogen and oxygen atoms in total. The van der Waals surface area contributed by atoms with Gasteiger partial charge in [0, 0.05) is 10.6 Å². The standard InChI is InChI=1S/C23H24N2O2S2/c1-2-15-9-6-7-11-17(15)24-22(27)20-16-10-4-3-5-12-18(16)29-23(20)25-21(26)19-13-8-14-28-19/h6-9,11,13-14H,2-5,10,12H2,1H3,(H,24,27)(H,25,26). The monoisotopic (exact) mass is 424 g/mol. The number of amides is 2. The Balaban J connectivity index is 1.69. The number of hydrogen-bond donors (Lipinski definition) is 2. The van der Waals surface area contributed by atoms with Crippen molar-refractivity contribution in [3.63, 3.8) is 0 Å². The van der Waals surface area contributed by atoms with Crippen LogP contribution in [0.1, 0.15) is 62.2 Å². The first kappa shape index (κ1) is 19.9. The van der Waals surface area contributed by atoms with Gasteiger partial charge in [-0.15, -0.1) is 22.7 Å². The number of carbonyl (C=O) groups is 2. The number of benzene rings is 1. The highest BCUT2D eigenvalue weighted by atomic mass is 32.1. The number of aryl methyl sites for hydroxylation is 2. The smallest absolute Gasteiger partial charge is 0.266 e. The second kappa shape index (κ2) is 8.93. The number of fused-ring (bicyclic) bond motifs is 1. The molecule has 0 unspecified atom stereocenters. The summed E-state index contributed by atoms with van der Waals surface area (Å²) in [5.41, 5.74) is 3.69. The van der Waals surface area contributed by atoms with E-state index in [0.717, 1.165) is 48.9 Å². The summed E-state index contributed by atoms with van der Waals surface area (Å²) >= 11 is 2.96. The molecule has 4 rings (SSSR count). The lowest BCUT2D eigenvalue weighted by Gasteiger charge is -2.12. The summed E-state index contributed by atoms with van der Waals surface area (Å²) in [6.45, 7) is 2.08. The van der Waals surface area contributed by atoms with Gasteiger partial charge >= 0.3 is 0 Å². The van der Waals surface area contributed by atoms with Crippen LogP contribution in [0.15, 0.2) is 41.8 Å². The summed E-state index contributed by atoms with van der Waals surface area (Å²) in [5.74, 6) is -0.286. The first-order valence-corrected chi connectivity index (χ1v) is 11.8. The first-order valence-electron chi connectivity index (χ1n) is 10.1. The lowest BCUT2D eigenvalue weighted by molar-refractivity contribution is 0.102. The Morgan fingerprint density at radius 3 is 2.59 bits per heavy atom. The Morgan fingerprint density at radius 2 is 1.79 bits per heavy atom. The molecule has 1 aliphatic rings. The summed E-state index contributed by atoms with van der Waals surface area (Å²) in [6.07, 6.45) is 6.09. The van der Waals surface area contributed by atoms with Gasteiger partial charge in [-0.05, 0) is 60.7 Å². The molecule has 3 aromatic rings. The van der Waals surface area contributed by atoms with E-state index in [4.69, 9.17) is 0 Å². The van der Waals surface area contributed by atoms with Gasteiger partial charge in [0.2, 0.25) is 0 Å². The van der Waals surface area contributed by atoms with Crippen LogP contribution in [0, 0.1) is 0 Å². The topological polar surface area (TPSA) is 58.2 Å². The summed E-state index contributed by atoms with van der Waals surface area (Å²) < 4.78 is 0. The third kappa shape index (κ3) is 4.28. The van der Waals surface area contributed by atoms with Crippen molar-refractivity contribution < 1.29 is 9.59 Å². The van der Waals surface area contributed by atoms with Crippen LogP contribution in [-0.4, -0.2) is 11.8 Å². The highest BCUT2D eigenvalue weighted by Crippen LogP contribution is 2.38. The summed E-state index contributed by atoms with van der Waals surface area (Å²) in [6, 6.07) is 11.5. The third-order valence-corrected chi connectivity index (χ3v) is 7.34. The van der Waals surface area contributed by atoms with Gasteiger partial charge in [-0.1, -0.05) is 37.6 Å². The van der Waals surface area contributed by atoms with Crippen LogP contribution in [0.4, 0.5) is 10.7 Å². The first-order chi connectivity index (χ1) is 14.2. The average molecular weight is 425 g/mol. The summed E-state index contributed by atoms with van der Waals surface area (Å²) in [5, 5.41) is 8.67. The number of anilines is 2. The number of thiophene rings is 2. The molecule has 0 aliphatic heterocycles. The Morgan fingerprint density at radius 1 is 0.966 bits per heavy atom. The van der Waals surface area contributed by atoms with Gasteiger partial charge in [0.05, 0.1) is 10.4 Å². The maximum absolute atomic E-state index is 13.4. The molecular weight excluding hydrogens is 400 g/mol. The van der Waals surface area contributed by atoms with E-state index in [-0.39, 0.29) is 11.8 Å². The largest absolute Gasteiger partial charge is 0.322 e. The number of hydrogen-bond acceptors (Lipinski definition) is 4. The van der Waals surface area contributed by atoms with E-state index in [1.54, 1.807) is 17.4 Å². The van der Waals surface area contributed by atoms with Gasteiger partial charge in [0.15, 0.2) is 0 Å².